The van der Waals surface area contributed by atoms with Gasteiger partial charge >= 0.3 is 5.97 Å². The van der Waals surface area contributed by atoms with Crippen molar-refractivity contribution in [3.8, 4) is 0 Å². The highest BCUT2D eigenvalue weighted by Crippen LogP contribution is 2.18. The third-order valence-corrected chi connectivity index (χ3v) is 3.56. The Bertz CT molecular complexity index is 405. The third-order valence-electron chi connectivity index (χ3n) is 3.56. The zero-order valence-corrected chi connectivity index (χ0v) is 11.6. The molecule has 5 nitrogen and oxygen atoms in total. The van der Waals surface area contributed by atoms with Gasteiger partial charge in [0, 0.05) is 25.7 Å². The van der Waals surface area contributed by atoms with E-state index in [4.69, 9.17) is 9.52 Å². The summed E-state index contributed by atoms with van der Waals surface area (Å²) in [6, 6.07) is 3.85. The fraction of sp³-hybridized carbons (Fsp3) is 0.643. The van der Waals surface area contributed by atoms with Crippen LogP contribution in [0.3, 0.4) is 0 Å². The van der Waals surface area contributed by atoms with Gasteiger partial charge < -0.3 is 14.4 Å². The molecule has 1 aromatic heterocycles. The average molecular weight is 266 g/mol. The van der Waals surface area contributed by atoms with Crippen LogP contribution in [-0.2, 0) is 11.3 Å². The molecule has 2 atom stereocenters. The fourth-order valence-electron chi connectivity index (χ4n) is 2.88. The first kappa shape index (κ1) is 14.1. The van der Waals surface area contributed by atoms with Crippen molar-refractivity contribution in [2.75, 3.05) is 26.7 Å². The van der Waals surface area contributed by atoms with Crippen LogP contribution in [0, 0.1) is 5.92 Å². The number of carbonyl (C=O) groups is 1. The normalized spacial score (nSPS) is 26.2. The summed E-state index contributed by atoms with van der Waals surface area (Å²) in [7, 11) is 2.06. The summed E-state index contributed by atoms with van der Waals surface area (Å²) in [6.07, 6.45) is 1.84. The van der Waals surface area contributed by atoms with Crippen molar-refractivity contribution in [2.24, 2.45) is 5.92 Å². The Kier molecular flexibility index (Phi) is 4.61. The minimum Gasteiger partial charge on any atom is -0.481 e. The molecule has 19 heavy (non-hydrogen) atoms. The molecule has 1 aromatic rings. The summed E-state index contributed by atoms with van der Waals surface area (Å²) in [5, 5.41) is 9.08. The molecule has 106 valence electrons. The Morgan fingerprint density at radius 1 is 1.47 bits per heavy atom. The summed E-state index contributed by atoms with van der Waals surface area (Å²) < 4.78 is 5.39. The van der Waals surface area contributed by atoms with E-state index in [9.17, 15) is 4.79 Å². The second-order valence-electron chi connectivity index (χ2n) is 5.59. The molecule has 0 amide bonds. The minimum absolute atomic E-state index is 0.0394. The Labute approximate surface area is 113 Å². The number of hydrogen-bond donors (Lipinski definition) is 1. The predicted molar refractivity (Wildman–Crippen MR) is 71.8 cm³/mol. The topological polar surface area (TPSA) is 56.9 Å². The molecule has 0 radical (unpaired) electrons. The smallest absolute Gasteiger partial charge is 0.304 e. The van der Waals surface area contributed by atoms with E-state index in [1.165, 1.54) is 0 Å². The van der Waals surface area contributed by atoms with E-state index >= 15 is 0 Å². The number of rotatable bonds is 4. The molecule has 1 aliphatic heterocycles. The van der Waals surface area contributed by atoms with Gasteiger partial charge in [-0.25, -0.2) is 0 Å². The van der Waals surface area contributed by atoms with Crippen LogP contribution in [0.4, 0.5) is 0 Å². The first-order chi connectivity index (χ1) is 9.04. The quantitative estimate of drug-likeness (QED) is 0.895. The van der Waals surface area contributed by atoms with E-state index in [0.29, 0.717) is 12.5 Å². The van der Waals surface area contributed by atoms with Crippen LogP contribution < -0.4 is 0 Å². The van der Waals surface area contributed by atoms with Crippen LogP contribution in [-0.4, -0.2) is 53.6 Å². The van der Waals surface area contributed by atoms with Gasteiger partial charge in [0.2, 0.25) is 0 Å². The van der Waals surface area contributed by atoms with Crippen LogP contribution in [0.2, 0.25) is 0 Å². The Balaban J connectivity index is 2.10. The minimum atomic E-state index is -0.739. The standard InChI is InChI=1S/C14H22N2O3/c1-11-7-15(2)9-12(6-14(17)18)16(8-11)10-13-4-3-5-19-13/h3-5,11-12H,6-10H2,1-2H3,(H,17,18). The Morgan fingerprint density at radius 3 is 2.89 bits per heavy atom. The molecular formula is C14H22N2O3. The summed E-state index contributed by atoms with van der Waals surface area (Å²) >= 11 is 0. The van der Waals surface area contributed by atoms with Crippen molar-refractivity contribution in [1.29, 1.82) is 0 Å². The van der Waals surface area contributed by atoms with E-state index in [-0.39, 0.29) is 12.5 Å². The van der Waals surface area contributed by atoms with Gasteiger partial charge in [-0.15, -0.1) is 0 Å². The highest BCUT2D eigenvalue weighted by molar-refractivity contribution is 5.67. The van der Waals surface area contributed by atoms with Crippen LogP contribution >= 0.6 is 0 Å². The molecule has 2 heterocycles. The maximum Gasteiger partial charge on any atom is 0.304 e. The number of aliphatic carboxylic acids is 1. The van der Waals surface area contributed by atoms with Gasteiger partial charge in [-0.1, -0.05) is 6.92 Å². The van der Waals surface area contributed by atoms with E-state index in [0.717, 1.165) is 25.4 Å². The van der Waals surface area contributed by atoms with Crippen molar-refractivity contribution in [1.82, 2.24) is 9.80 Å². The Hall–Kier alpha value is -1.33. The molecule has 2 unspecified atom stereocenters. The van der Waals surface area contributed by atoms with Gasteiger partial charge in [0.15, 0.2) is 0 Å². The summed E-state index contributed by atoms with van der Waals surface area (Å²) in [5.74, 6) is 0.684. The van der Waals surface area contributed by atoms with Crippen LogP contribution in [0.25, 0.3) is 0 Å². The van der Waals surface area contributed by atoms with Gasteiger partial charge in [-0.3, -0.25) is 9.69 Å². The lowest BCUT2D eigenvalue weighted by atomic mass is 10.1. The van der Waals surface area contributed by atoms with Crippen LogP contribution in [0.1, 0.15) is 19.1 Å². The zero-order chi connectivity index (χ0) is 13.8. The van der Waals surface area contributed by atoms with Crippen molar-refractivity contribution in [3.63, 3.8) is 0 Å². The number of carboxylic acid groups (broad SMARTS) is 1. The number of furan rings is 1. The monoisotopic (exact) mass is 266 g/mol. The van der Waals surface area contributed by atoms with Gasteiger partial charge in [-0.05, 0) is 25.1 Å². The Morgan fingerprint density at radius 2 is 2.26 bits per heavy atom. The summed E-state index contributed by atoms with van der Waals surface area (Å²) in [5.41, 5.74) is 0. The molecule has 0 spiro atoms. The summed E-state index contributed by atoms with van der Waals surface area (Å²) in [4.78, 5) is 15.5. The largest absolute Gasteiger partial charge is 0.481 e. The first-order valence-electron chi connectivity index (χ1n) is 6.71. The maximum atomic E-state index is 11.0. The predicted octanol–water partition coefficient (Wildman–Crippen LogP) is 1.51. The molecule has 1 saturated heterocycles. The number of likely N-dealkylation sites (N-methyl/N-ethyl adjacent to an activating group) is 1. The highest BCUT2D eigenvalue weighted by Gasteiger charge is 2.28. The third kappa shape index (κ3) is 4.08. The zero-order valence-electron chi connectivity index (χ0n) is 11.6. The van der Waals surface area contributed by atoms with Crippen molar-refractivity contribution in [3.05, 3.63) is 24.2 Å². The van der Waals surface area contributed by atoms with Gasteiger partial charge in [-0.2, -0.15) is 0 Å². The van der Waals surface area contributed by atoms with Gasteiger partial charge in [0.25, 0.3) is 0 Å². The number of hydrogen-bond acceptors (Lipinski definition) is 4. The summed E-state index contributed by atoms with van der Waals surface area (Å²) in [6.45, 7) is 5.59. The van der Waals surface area contributed by atoms with Crippen LogP contribution in [0.15, 0.2) is 22.8 Å². The maximum absolute atomic E-state index is 11.0. The van der Waals surface area contributed by atoms with Gasteiger partial charge in [0.1, 0.15) is 5.76 Å². The number of carboxylic acids is 1. The van der Waals surface area contributed by atoms with Crippen molar-refractivity contribution in [2.45, 2.75) is 25.9 Å². The lowest BCUT2D eigenvalue weighted by molar-refractivity contribution is -0.138. The number of nitrogens with zero attached hydrogens (tertiary/aromatic N) is 2. The fourth-order valence-corrected chi connectivity index (χ4v) is 2.88. The second-order valence-corrected chi connectivity index (χ2v) is 5.59. The molecule has 1 fully saturated rings. The lowest BCUT2D eigenvalue weighted by Gasteiger charge is -2.29. The molecule has 5 heteroatoms. The molecule has 1 aliphatic rings. The molecule has 0 bridgehead atoms. The van der Waals surface area contributed by atoms with Crippen LogP contribution in [0.5, 0.6) is 0 Å². The van der Waals surface area contributed by atoms with E-state index < -0.39 is 5.97 Å². The van der Waals surface area contributed by atoms with Gasteiger partial charge in [0.05, 0.1) is 19.2 Å². The van der Waals surface area contributed by atoms with E-state index in [1.807, 2.05) is 12.1 Å². The second kappa shape index (κ2) is 6.21. The van der Waals surface area contributed by atoms with E-state index in [2.05, 4.69) is 23.8 Å². The lowest BCUT2D eigenvalue weighted by Crippen LogP contribution is -2.41. The molecule has 2 rings (SSSR count). The molecule has 1 N–H and O–H groups in total. The molecular weight excluding hydrogens is 244 g/mol. The SMILES string of the molecule is CC1CN(C)CC(CC(=O)O)N(Cc2ccco2)C1. The molecule has 0 saturated carbocycles. The molecule has 0 aromatic carbocycles. The first-order valence-corrected chi connectivity index (χ1v) is 6.71. The van der Waals surface area contributed by atoms with Crippen molar-refractivity contribution < 1.29 is 14.3 Å². The average Bonchev–Trinajstić information content (AvgIpc) is 2.74. The van der Waals surface area contributed by atoms with Crippen molar-refractivity contribution >= 4 is 5.97 Å². The highest BCUT2D eigenvalue weighted by atomic mass is 16.4. The molecule has 0 aliphatic carbocycles. The van der Waals surface area contributed by atoms with E-state index in [1.54, 1.807) is 6.26 Å².